The van der Waals surface area contributed by atoms with Crippen LogP contribution >= 0.6 is 11.8 Å². The van der Waals surface area contributed by atoms with Crippen LogP contribution in [0, 0.1) is 12.3 Å². The Balaban J connectivity index is 2.40. The summed E-state index contributed by atoms with van der Waals surface area (Å²) in [7, 11) is 3.49. The molecule has 0 aliphatic heterocycles. The van der Waals surface area contributed by atoms with Crippen molar-refractivity contribution in [3.05, 3.63) is 35.5 Å². The van der Waals surface area contributed by atoms with Crippen molar-refractivity contribution >= 4 is 17.6 Å². The Bertz CT molecular complexity index is 621. The van der Waals surface area contributed by atoms with Crippen LogP contribution in [0.2, 0.25) is 0 Å². The van der Waals surface area contributed by atoms with E-state index in [-0.39, 0.29) is 5.84 Å². The predicted octanol–water partition coefficient (Wildman–Crippen LogP) is 2.17. The molecule has 0 saturated carbocycles. The van der Waals surface area contributed by atoms with E-state index >= 15 is 0 Å². The van der Waals surface area contributed by atoms with Crippen LogP contribution in [0.4, 0.5) is 0 Å². The van der Waals surface area contributed by atoms with Crippen molar-refractivity contribution in [3.8, 4) is 5.75 Å². The van der Waals surface area contributed by atoms with E-state index in [1.165, 1.54) is 11.8 Å². The molecule has 0 aliphatic rings. The Kier molecular flexibility index (Phi) is 3.80. The number of aromatic nitrogens is 2. The molecule has 100 valence electrons. The maximum atomic E-state index is 7.66. The summed E-state index contributed by atoms with van der Waals surface area (Å²) in [5.41, 5.74) is 7.08. The summed E-state index contributed by atoms with van der Waals surface area (Å²) < 4.78 is 6.95. The zero-order chi connectivity index (χ0) is 14.0. The van der Waals surface area contributed by atoms with Crippen LogP contribution < -0.4 is 10.5 Å². The van der Waals surface area contributed by atoms with Gasteiger partial charge in [-0.25, -0.2) is 0 Å². The summed E-state index contributed by atoms with van der Waals surface area (Å²) in [6, 6.07) is 7.75. The van der Waals surface area contributed by atoms with Crippen molar-refractivity contribution in [3.63, 3.8) is 0 Å². The first-order valence-corrected chi connectivity index (χ1v) is 6.54. The molecule has 0 amide bonds. The lowest BCUT2D eigenvalue weighted by Crippen LogP contribution is -2.13. The molecule has 0 spiro atoms. The number of amidine groups is 1. The molecule has 1 heterocycles. The van der Waals surface area contributed by atoms with Gasteiger partial charge in [0.1, 0.15) is 16.6 Å². The van der Waals surface area contributed by atoms with E-state index in [4.69, 9.17) is 15.9 Å². The highest BCUT2D eigenvalue weighted by atomic mass is 32.2. The third-order valence-electron chi connectivity index (χ3n) is 2.69. The van der Waals surface area contributed by atoms with Crippen LogP contribution in [-0.4, -0.2) is 22.7 Å². The first-order valence-electron chi connectivity index (χ1n) is 5.73. The average Bonchev–Trinajstić information content (AvgIpc) is 2.64. The molecule has 0 fully saturated rings. The first-order chi connectivity index (χ1) is 9.02. The van der Waals surface area contributed by atoms with Crippen molar-refractivity contribution in [2.45, 2.75) is 16.8 Å². The zero-order valence-corrected chi connectivity index (χ0v) is 11.9. The van der Waals surface area contributed by atoms with E-state index in [0.717, 1.165) is 21.4 Å². The van der Waals surface area contributed by atoms with Gasteiger partial charge < -0.3 is 10.5 Å². The summed E-state index contributed by atoms with van der Waals surface area (Å²) in [6.07, 6.45) is 0. The number of nitrogens with zero attached hydrogens (tertiary/aromatic N) is 2. The van der Waals surface area contributed by atoms with E-state index in [2.05, 4.69) is 5.10 Å². The van der Waals surface area contributed by atoms with Crippen molar-refractivity contribution in [1.29, 1.82) is 5.41 Å². The molecule has 1 aromatic carbocycles. The number of nitrogens with two attached hydrogens (primary N) is 1. The smallest absolute Gasteiger partial charge is 0.127 e. The van der Waals surface area contributed by atoms with Crippen molar-refractivity contribution < 1.29 is 4.74 Å². The largest absolute Gasteiger partial charge is 0.497 e. The molecule has 0 unspecified atom stereocenters. The highest BCUT2D eigenvalue weighted by molar-refractivity contribution is 7.99. The second-order valence-electron chi connectivity index (χ2n) is 4.08. The lowest BCUT2D eigenvalue weighted by molar-refractivity contribution is 0.413. The molecule has 0 bridgehead atoms. The van der Waals surface area contributed by atoms with Gasteiger partial charge in [0.2, 0.25) is 0 Å². The van der Waals surface area contributed by atoms with Gasteiger partial charge in [0, 0.05) is 11.9 Å². The monoisotopic (exact) mass is 276 g/mol. The minimum absolute atomic E-state index is 0.0380. The molecule has 0 aliphatic carbocycles. The zero-order valence-electron chi connectivity index (χ0n) is 11.1. The molecule has 2 rings (SSSR count). The number of rotatable bonds is 4. The van der Waals surface area contributed by atoms with E-state index in [9.17, 15) is 0 Å². The molecule has 0 saturated heterocycles. The lowest BCUT2D eigenvalue weighted by Gasteiger charge is -2.06. The molecule has 3 N–H and O–H groups in total. The van der Waals surface area contributed by atoms with Gasteiger partial charge in [-0.1, -0.05) is 17.8 Å². The number of aryl methyl sites for hydroxylation is 2. The second kappa shape index (κ2) is 5.36. The molecule has 19 heavy (non-hydrogen) atoms. The number of hydrogen-bond donors (Lipinski definition) is 2. The predicted molar refractivity (Wildman–Crippen MR) is 76.1 cm³/mol. The van der Waals surface area contributed by atoms with E-state index in [1.807, 2.05) is 38.2 Å². The molecule has 0 atom stereocenters. The number of nitrogens with one attached hydrogen (secondary N) is 1. The summed E-state index contributed by atoms with van der Waals surface area (Å²) in [4.78, 5) is 1.02. The van der Waals surface area contributed by atoms with Crippen molar-refractivity contribution in [2.24, 2.45) is 12.8 Å². The Morgan fingerprint density at radius 2 is 2.21 bits per heavy atom. The topological polar surface area (TPSA) is 76.9 Å². The van der Waals surface area contributed by atoms with Crippen molar-refractivity contribution in [2.75, 3.05) is 7.11 Å². The summed E-state index contributed by atoms with van der Waals surface area (Å²) in [6.45, 7) is 1.85. The number of ether oxygens (including phenoxy) is 1. The van der Waals surface area contributed by atoms with Crippen molar-refractivity contribution in [1.82, 2.24) is 9.78 Å². The van der Waals surface area contributed by atoms with Gasteiger partial charge >= 0.3 is 0 Å². The Hall–Kier alpha value is -1.95. The van der Waals surface area contributed by atoms with Gasteiger partial charge in [0.05, 0.1) is 18.4 Å². The molecule has 0 radical (unpaired) electrons. The highest BCUT2D eigenvalue weighted by Crippen LogP contribution is 2.33. The van der Waals surface area contributed by atoms with E-state index in [0.29, 0.717) is 5.56 Å². The fourth-order valence-corrected chi connectivity index (χ4v) is 2.92. The highest BCUT2D eigenvalue weighted by Gasteiger charge is 2.16. The Morgan fingerprint density at radius 3 is 2.84 bits per heavy atom. The molecule has 2 aromatic rings. The van der Waals surface area contributed by atoms with Crippen LogP contribution in [0.25, 0.3) is 0 Å². The van der Waals surface area contributed by atoms with Gasteiger partial charge in [-0.2, -0.15) is 5.10 Å². The fraction of sp³-hybridized carbons (Fsp3) is 0.231. The normalized spacial score (nSPS) is 10.5. The minimum atomic E-state index is 0.0380. The number of benzene rings is 1. The van der Waals surface area contributed by atoms with Gasteiger partial charge in [-0.3, -0.25) is 10.1 Å². The Morgan fingerprint density at radius 1 is 1.47 bits per heavy atom. The van der Waals surface area contributed by atoms with E-state index < -0.39 is 0 Å². The van der Waals surface area contributed by atoms with Crippen LogP contribution in [-0.2, 0) is 7.05 Å². The fourth-order valence-electron chi connectivity index (χ4n) is 1.84. The van der Waals surface area contributed by atoms with Gasteiger partial charge in [-0.15, -0.1) is 0 Å². The van der Waals surface area contributed by atoms with Crippen LogP contribution in [0.5, 0.6) is 5.75 Å². The maximum Gasteiger partial charge on any atom is 0.127 e. The molecule has 5 nitrogen and oxygen atoms in total. The van der Waals surface area contributed by atoms with Gasteiger partial charge in [0.15, 0.2) is 0 Å². The molecular weight excluding hydrogens is 260 g/mol. The first kappa shape index (κ1) is 13.5. The molecular formula is C13H16N4OS. The summed E-state index contributed by atoms with van der Waals surface area (Å²) in [5.74, 6) is 0.837. The minimum Gasteiger partial charge on any atom is -0.497 e. The van der Waals surface area contributed by atoms with Gasteiger partial charge in [0.25, 0.3) is 0 Å². The molecule has 1 aromatic heterocycles. The second-order valence-corrected chi connectivity index (χ2v) is 5.15. The SMILES string of the molecule is COc1cccc(Sc2c(C(=N)N)c(C)nn2C)c1. The summed E-state index contributed by atoms with van der Waals surface area (Å²) in [5, 5.41) is 12.8. The quantitative estimate of drug-likeness (QED) is 0.663. The standard InChI is InChI=1S/C13H16N4OS/c1-8-11(12(14)15)13(17(2)16-8)19-10-6-4-5-9(7-10)18-3/h4-7H,1-3H3,(H3,14,15). The average molecular weight is 276 g/mol. The third-order valence-corrected chi connectivity index (χ3v) is 3.85. The number of hydrogen-bond acceptors (Lipinski definition) is 4. The van der Waals surface area contributed by atoms with Crippen LogP contribution in [0.3, 0.4) is 0 Å². The lowest BCUT2D eigenvalue weighted by atomic mass is 10.2. The summed E-state index contributed by atoms with van der Waals surface area (Å²) >= 11 is 1.52. The Labute approximate surface area is 116 Å². The molecule has 6 heteroatoms. The third kappa shape index (κ3) is 2.73. The number of methoxy groups -OCH3 is 1. The van der Waals surface area contributed by atoms with E-state index in [1.54, 1.807) is 11.8 Å². The van der Waals surface area contributed by atoms with Crippen LogP contribution in [0.15, 0.2) is 34.2 Å². The number of nitrogen functional groups attached to an aromatic ring is 1. The van der Waals surface area contributed by atoms with Gasteiger partial charge in [-0.05, 0) is 25.1 Å². The van der Waals surface area contributed by atoms with Crippen LogP contribution in [0.1, 0.15) is 11.3 Å². The maximum absolute atomic E-state index is 7.66.